The Labute approximate surface area is 124 Å². The zero-order valence-corrected chi connectivity index (χ0v) is 12.7. The highest BCUT2D eigenvalue weighted by molar-refractivity contribution is 5.92. The highest BCUT2D eigenvalue weighted by Gasteiger charge is 2.24. The lowest BCUT2D eigenvalue weighted by atomic mass is 10.2. The number of carbonyl (C=O) groups is 2. The molecule has 1 aliphatic rings. The van der Waals surface area contributed by atoms with E-state index in [1.54, 1.807) is 15.6 Å². The number of hydrogen-bond donors (Lipinski definition) is 1. The van der Waals surface area contributed by atoms with Crippen molar-refractivity contribution in [3.63, 3.8) is 0 Å². The Hall–Kier alpha value is -1.89. The van der Waals surface area contributed by atoms with Gasteiger partial charge in [0, 0.05) is 45.5 Å². The molecule has 7 heteroatoms. The van der Waals surface area contributed by atoms with Crippen LogP contribution in [0.4, 0.5) is 0 Å². The van der Waals surface area contributed by atoms with E-state index in [1.165, 1.54) is 0 Å². The number of aryl methyl sites for hydroxylation is 1. The molecule has 1 fully saturated rings. The Morgan fingerprint density at radius 1 is 1.24 bits per heavy atom. The molecule has 116 valence electrons. The summed E-state index contributed by atoms with van der Waals surface area (Å²) >= 11 is 0. The van der Waals surface area contributed by atoms with Gasteiger partial charge in [0.1, 0.15) is 5.69 Å². The van der Waals surface area contributed by atoms with Gasteiger partial charge in [-0.1, -0.05) is 0 Å². The standard InChI is InChI=1S/C14H23N5O2/c1-3-15-13(20)11-17-7-9-18(10-8-17)14(21)12-5-6-19(4-2)16-12/h5-6H,3-4,7-11H2,1-2H3,(H,15,20). The number of rotatable bonds is 5. The molecule has 0 aliphatic carbocycles. The average Bonchev–Trinajstić information content (AvgIpc) is 2.96. The van der Waals surface area contributed by atoms with Gasteiger partial charge < -0.3 is 10.2 Å². The summed E-state index contributed by atoms with van der Waals surface area (Å²) in [7, 11) is 0. The van der Waals surface area contributed by atoms with Crippen molar-refractivity contribution in [2.75, 3.05) is 39.3 Å². The van der Waals surface area contributed by atoms with Crippen LogP contribution >= 0.6 is 0 Å². The minimum absolute atomic E-state index is 0.0279. The summed E-state index contributed by atoms with van der Waals surface area (Å²) in [4.78, 5) is 27.7. The molecular weight excluding hydrogens is 270 g/mol. The second-order valence-electron chi connectivity index (χ2n) is 5.08. The predicted molar refractivity (Wildman–Crippen MR) is 78.9 cm³/mol. The maximum atomic E-state index is 12.3. The van der Waals surface area contributed by atoms with Gasteiger partial charge in [-0.3, -0.25) is 19.2 Å². The summed E-state index contributed by atoms with van der Waals surface area (Å²) in [5, 5.41) is 7.03. The Balaban J connectivity index is 1.83. The molecule has 0 saturated carbocycles. The van der Waals surface area contributed by atoms with Crippen molar-refractivity contribution in [3.8, 4) is 0 Å². The summed E-state index contributed by atoms with van der Waals surface area (Å²) in [5.74, 6) is 0.0128. The van der Waals surface area contributed by atoms with E-state index in [0.29, 0.717) is 31.9 Å². The molecule has 1 aromatic heterocycles. The number of piperazine rings is 1. The first-order valence-electron chi connectivity index (χ1n) is 7.45. The second kappa shape index (κ2) is 7.21. The van der Waals surface area contributed by atoms with E-state index in [9.17, 15) is 9.59 Å². The van der Waals surface area contributed by atoms with Crippen molar-refractivity contribution < 1.29 is 9.59 Å². The van der Waals surface area contributed by atoms with Crippen LogP contribution in [-0.4, -0.2) is 70.7 Å². The van der Waals surface area contributed by atoms with E-state index in [1.807, 2.05) is 20.0 Å². The number of nitrogens with zero attached hydrogens (tertiary/aromatic N) is 4. The molecule has 0 aromatic carbocycles. The average molecular weight is 293 g/mol. The quantitative estimate of drug-likeness (QED) is 0.816. The summed E-state index contributed by atoms with van der Waals surface area (Å²) in [6, 6.07) is 1.76. The van der Waals surface area contributed by atoms with E-state index in [0.717, 1.165) is 19.6 Å². The third kappa shape index (κ3) is 4.04. The fourth-order valence-electron chi connectivity index (χ4n) is 2.38. The number of likely N-dealkylation sites (N-methyl/N-ethyl adjacent to an activating group) is 1. The van der Waals surface area contributed by atoms with Gasteiger partial charge in [-0.15, -0.1) is 0 Å². The molecule has 2 rings (SSSR count). The topological polar surface area (TPSA) is 70.5 Å². The molecule has 1 N–H and O–H groups in total. The predicted octanol–water partition coefficient (Wildman–Crippen LogP) is -0.203. The number of nitrogens with one attached hydrogen (secondary N) is 1. The maximum absolute atomic E-state index is 12.3. The third-order valence-electron chi connectivity index (χ3n) is 3.58. The van der Waals surface area contributed by atoms with Crippen LogP contribution in [-0.2, 0) is 11.3 Å². The van der Waals surface area contributed by atoms with Gasteiger partial charge in [0.05, 0.1) is 6.54 Å². The molecule has 1 aromatic rings. The third-order valence-corrected chi connectivity index (χ3v) is 3.58. The zero-order valence-electron chi connectivity index (χ0n) is 12.7. The summed E-state index contributed by atoms with van der Waals surface area (Å²) < 4.78 is 1.75. The molecule has 0 radical (unpaired) electrons. The minimum Gasteiger partial charge on any atom is -0.355 e. The second-order valence-corrected chi connectivity index (χ2v) is 5.08. The zero-order chi connectivity index (χ0) is 15.2. The van der Waals surface area contributed by atoms with Crippen molar-refractivity contribution in [1.82, 2.24) is 24.9 Å². The SMILES string of the molecule is CCNC(=O)CN1CCN(C(=O)c2ccn(CC)n2)CC1. The Morgan fingerprint density at radius 3 is 2.52 bits per heavy atom. The van der Waals surface area contributed by atoms with E-state index in [4.69, 9.17) is 0 Å². The monoisotopic (exact) mass is 293 g/mol. The van der Waals surface area contributed by atoms with Gasteiger partial charge in [0.25, 0.3) is 5.91 Å². The van der Waals surface area contributed by atoms with Crippen molar-refractivity contribution in [3.05, 3.63) is 18.0 Å². The molecule has 0 bridgehead atoms. The normalized spacial score (nSPS) is 16.0. The highest BCUT2D eigenvalue weighted by Crippen LogP contribution is 2.07. The lowest BCUT2D eigenvalue weighted by Crippen LogP contribution is -2.51. The molecular formula is C14H23N5O2. The van der Waals surface area contributed by atoms with Crippen LogP contribution in [0.2, 0.25) is 0 Å². The molecule has 1 aliphatic heterocycles. The molecule has 7 nitrogen and oxygen atoms in total. The van der Waals surface area contributed by atoms with Gasteiger partial charge in [0.15, 0.2) is 0 Å². The van der Waals surface area contributed by atoms with Gasteiger partial charge in [0.2, 0.25) is 5.91 Å². The lowest BCUT2D eigenvalue weighted by molar-refractivity contribution is -0.122. The van der Waals surface area contributed by atoms with Crippen LogP contribution in [0.15, 0.2) is 12.3 Å². The molecule has 0 spiro atoms. The molecule has 2 heterocycles. The number of hydrogen-bond acceptors (Lipinski definition) is 4. The van der Waals surface area contributed by atoms with E-state index in [-0.39, 0.29) is 11.8 Å². The largest absolute Gasteiger partial charge is 0.355 e. The molecule has 0 unspecified atom stereocenters. The van der Waals surface area contributed by atoms with Crippen LogP contribution in [0.1, 0.15) is 24.3 Å². The molecule has 0 atom stereocenters. The number of carbonyl (C=O) groups excluding carboxylic acids is 2. The number of amides is 2. The summed E-state index contributed by atoms with van der Waals surface area (Å²) in [5.41, 5.74) is 0.494. The van der Waals surface area contributed by atoms with Crippen LogP contribution in [0.3, 0.4) is 0 Å². The van der Waals surface area contributed by atoms with Crippen molar-refractivity contribution in [1.29, 1.82) is 0 Å². The Kier molecular flexibility index (Phi) is 5.32. The first-order valence-corrected chi connectivity index (χ1v) is 7.45. The van der Waals surface area contributed by atoms with Crippen LogP contribution in [0.5, 0.6) is 0 Å². The van der Waals surface area contributed by atoms with Gasteiger partial charge in [-0.25, -0.2) is 0 Å². The number of aromatic nitrogens is 2. The summed E-state index contributed by atoms with van der Waals surface area (Å²) in [6.07, 6.45) is 1.82. The maximum Gasteiger partial charge on any atom is 0.274 e. The summed E-state index contributed by atoms with van der Waals surface area (Å²) in [6.45, 7) is 8.42. The van der Waals surface area contributed by atoms with Gasteiger partial charge in [-0.2, -0.15) is 5.10 Å². The highest BCUT2D eigenvalue weighted by atomic mass is 16.2. The van der Waals surface area contributed by atoms with E-state index >= 15 is 0 Å². The van der Waals surface area contributed by atoms with Gasteiger partial charge >= 0.3 is 0 Å². The van der Waals surface area contributed by atoms with Gasteiger partial charge in [-0.05, 0) is 19.9 Å². The Morgan fingerprint density at radius 2 is 1.95 bits per heavy atom. The van der Waals surface area contributed by atoms with Crippen LogP contribution < -0.4 is 5.32 Å². The molecule has 1 saturated heterocycles. The fourth-order valence-corrected chi connectivity index (χ4v) is 2.38. The van der Waals surface area contributed by atoms with Crippen molar-refractivity contribution >= 4 is 11.8 Å². The first-order chi connectivity index (χ1) is 10.1. The van der Waals surface area contributed by atoms with Crippen molar-refractivity contribution in [2.45, 2.75) is 20.4 Å². The minimum atomic E-state index is -0.0279. The smallest absolute Gasteiger partial charge is 0.274 e. The molecule has 21 heavy (non-hydrogen) atoms. The first kappa shape index (κ1) is 15.5. The Bertz CT molecular complexity index is 491. The van der Waals surface area contributed by atoms with E-state index < -0.39 is 0 Å². The molecule has 2 amide bonds. The van der Waals surface area contributed by atoms with Crippen LogP contribution in [0, 0.1) is 0 Å². The van der Waals surface area contributed by atoms with Crippen LogP contribution in [0.25, 0.3) is 0 Å². The van der Waals surface area contributed by atoms with Crippen molar-refractivity contribution in [2.24, 2.45) is 0 Å². The lowest BCUT2D eigenvalue weighted by Gasteiger charge is -2.33. The van der Waals surface area contributed by atoms with E-state index in [2.05, 4.69) is 15.3 Å². The fraction of sp³-hybridized carbons (Fsp3) is 0.643.